The van der Waals surface area contributed by atoms with Crippen molar-refractivity contribution in [1.82, 2.24) is 15.6 Å². The fourth-order valence-electron chi connectivity index (χ4n) is 2.45. The van der Waals surface area contributed by atoms with Crippen molar-refractivity contribution in [2.45, 2.75) is 38.3 Å². The standard InChI is InChI=1S/C19H25N3O2/c1-3-19(24,4-2)14-21-18(23)22-17(15-10-6-5-7-11-15)16-12-8-9-13-20-16/h5-13,17,24H,3-4,14H2,1-2H3,(H2,21,22,23). The zero-order chi connectivity index (χ0) is 17.4. The van der Waals surface area contributed by atoms with Crippen LogP contribution in [0.2, 0.25) is 0 Å². The van der Waals surface area contributed by atoms with Gasteiger partial charge in [0.05, 0.1) is 17.3 Å². The molecule has 0 saturated carbocycles. The Bertz CT molecular complexity index is 588. The Balaban J connectivity index is 2.10. The first kappa shape index (κ1) is 17.9. The quantitative estimate of drug-likeness (QED) is 0.732. The van der Waals surface area contributed by atoms with E-state index in [1.54, 1.807) is 6.20 Å². The minimum atomic E-state index is -0.870. The Morgan fingerprint density at radius 3 is 2.38 bits per heavy atom. The average molecular weight is 327 g/mol. The van der Waals surface area contributed by atoms with E-state index in [4.69, 9.17) is 0 Å². The molecule has 0 aliphatic carbocycles. The molecule has 2 rings (SSSR count). The fraction of sp³-hybridized carbons (Fsp3) is 0.368. The number of nitrogens with one attached hydrogen (secondary N) is 2. The fourth-order valence-corrected chi connectivity index (χ4v) is 2.45. The summed E-state index contributed by atoms with van der Waals surface area (Å²) in [6.07, 6.45) is 2.88. The lowest BCUT2D eigenvalue weighted by atomic mass is 9.98. The number of urea groups is 1. The maximum Gasteiger partial charge on any atom is 0.315 e. The first-order valence-electron chi connectivity index (χ1n) is 8.30. The topological polar surface area (TPSA) is 74.2 Å². The smallest absolute Gasteiger partial charge is 0.315 e. The molecular weight excluding hydrogens is 302 g/mol. The molecule has 0 fully saturated rings. The van der Waals surface area contributed by atoms with E-state index in [1.807, 2.05) is 62.4 Å². The average Bonchev–Trinajstić information content (AvgIpc) is 2.65. The molecule has 0 spiro atoms. The van der Waals surface area contributed by atoms with Crippen molar-refractivity contribution < 1.29 is 9.90 Å². The largest absolute Gasteiger partial charge is 0.388 e. The molecule has 1 aromatic carbocycles. The summed E-state index contributed by atoms with van der Waals surface area (Å²) >= 11 is 0. The number of nitrogens with zero attached hydrogens (tertiary/aromatic N) is 1. The molecule has 2 aromatic rings. The summed E-state index contributed by atoms with van der Waals surface area (Å²) < 4.78 is 0. The summed E-state index contributed by atoms with van der Waals surface area (Å²) in [6.45, 7) is 4.03. The van der Waals surface area contributed by atoms with Crippen molar-refractivity contribution >= 4 is 6.03 Å². The number of carbonyl (C=O) groups excluding carboxylic acids is 1. The van der Waals surface area contributed by atoms with Crippen molar-refractivity contribution in [3.63, 3.8) is 0 Å². The van der Waals surface area contributed by atoms with E-state index in [2.05, 4.69) is 15.6 Å². The van der Waals surface area contributed by atoms with Crippen LogP contribution in [0.25, 0.3) is 0 Å². The minimum absolute atomic E-state index is 0.218. The normalized spacial score (nSPS) is 12.5. The van der Waals surface area contributed by atoms with Gasteiger partial charge in [-0.05, 0) is 30.5 Å². The van der Waals surface area contributed by atoms with Gasteiger partial charge < -0.3 is 15.7 Å². The van der Waals surface area contributed by atoms with Crippen LogP contribution in [0, 0.1) is 0 Å². The molecule has 1 atom stereocenters. The van der Waals surface area contributed by atoms with Gasteiger partial charge in [0, 0.05) is 12.7 Å². The summed E-state index contributed by atoms with van der Waals surface area (Å²) in [5.41, 5.74) is 0.845. The van der Waals surface area contributed by atoms with E-state index in [0.29, 0.717) is 12.8 Å². The molecular formula is C19H25N3O2. The van der Waals surface area contributed by atoms with E-state index in [0.717, 1.165) is 11.3 Å². The highest BCUT2D eigenvalue weighted by molar-refractivity contribution is 5.75. The second-order valence-corrected chi connectivity index (χ2v) is 5.86. The van der Waals surface area contributed by atoms with Crippen LogP contribution in [0.4, 0.5) is 4.79 Å². The van der Waals surface area contributed by atoms with E-state index in [-0.39, 0.29) is 18.6 Å². The van der Waals surface area contributed by atoms with E-state index in [1.165, 1.54) is 0 Å². The summed E-state index contributed by atoms with van der Waals surface area (Å²) in [6, 6.07) is 14.6. The van der Waals surface area contributed by atoms with Gasteiger partial charge in [0.25, 0.3) is 0 Å². The van der Waals surface area contributed by atoms with Gasteiger partial charge in [-0.15, -0.1) is 0 Å². The van der Waals surface area contributed by atoms with Crippen molar-refractivity contribution in [3.8, 4) is 0 Å². The number of aliphatic hydroxyl groups is 1. The van der Waals surface area contributed by atoms with Gasteiger partial charge in [0.2, 0.25) is 0 Å². The highest BCUT2D eigenvalue weighted by Crippen LogP contribution is 2.20. The summed E-state index contributed by atoms with van der Waals surface area (Å²) in [5.74, 6) is 0. The Labute approximate surface area is 143 Å². The molecule has 24 heavy (non-hydrogen) atoms. The molecule has 3 N–H and O–H groups in total. The van der Waals surface area contributed by atoms with Crippen LogP contribution < -0.4 is 10.6 Å². The third-order valence-corrected chi connectivity index (χ3v) is 4.29. The Morgan fingerprint density at radius 2 is 1.79 bits per heavy atom. The van der Waals surface area contributed by atoms with Gasteiger partial charge in [0.15, 0.2) is 0 Å². The van der Waals surface area contributed by atoms with Gasteiger partial charge in [-0.3, -0.25) is 4.98 Å². The van der Waals surface area contributed by atoms with Crippen molar-refractivity contribution in [3.05, 3.63) is 66.0 Å². The molecule has 128 valence electrons. The molecule has 1 unspecified atom stereocenters. The van der Waals surface area contributed by atoms with Crippen LogP contribution in [0.3, 0.4) is 0 Å². The van der Waals surface area contributed by atoms with Crippen molar-refractivity contribution in [2.24, 2.45) is 0 Å². The Hall–Kier alpha value is -2.40. The lowest BCUT2D eigenvalue weighted by molar-refractivity contribution is 0.0349. The zero-order valence-electron chi connectivity index (χ0n) is 14.2. The van der Waals surface area contributed by atoms with E-state index in [9.17, 15) is 9.90 Å². The molecule has 0 aliphatic rings. The zero-order valence-corrected chi connectivity index (χ0v) is 14.2. The summed E-state index contributed by atoms with van der Waals surface area (Å²) in [7, 11) is 0. The van der Waals surface area contributed by atoms with Gasteiger partial charge >= 0.3 is 6.03 Å². The first-order valence-corrected chi connectivity index (χ1v) is 8.30. The number of pyridine rings is 1. The SMILES string of the molecule is CCC(O)(CC)CNC(=O)NC(c1ccccc1)c1ccccn1. The van der Waals surface area contributed by atoms with Crippen molar-refractivity contribution in [1.29, 1.82) is 0 Å². The highest BCUT2D eigenvalue weighted by atomic mass is 16.3. The number of hydrogen-bond donors (Lipinski definition) is 3. The molecule has 5 heteroatoms. The molecule has 0 aliphatic heterocycles. The van der Waals surface area contributed by atoms with Crippen LogP contribution in [0.1, 0.15) is 44.0 Å². The maximum absolute atomic E-state index is 12.3. The van der Waals surface area contributed by atoms with Gasteiger partial charge in [-0.1, -0.05) is 50.2 Å². The van der Waals surface area contributed by atoms with Crippen LogP contribution in [-0.4, -0.2) is 28.3 Å². The predicted molar refractivity (Wildman–Crippen MR) is 94.6 cm³/mol. The first-order chi connectivity index (χ1) is 11.6. The highest BCUT2D eigenvalue weighted by Gasteiger charge is 2.24. The molecule has 1 heterocycles. The molecule has 0 saturated heterocycles. The molecule has 2 amide bonds. The third kappa shape index (κ3) is 4.80. The number of benzene rings is 1. The predicted octanol–water partition coefficient (Wildman–Crippen LogP) is 3.02. The maximum atomic E-state index is 12.3. The number of carbonyl (C=O) groups is 1. The number of hydrogen-bond acceptors (Lipinski definition) is 3. The lowest BCUT2D eigenvalue weighted by Crippen LogP contribution is -2.46. The molecule has 0 radical (unpaired) electrons. The van der Waals surface area contributed by atoms with Crippen LogP contribution in [0.15, 0.2) is 54.7 Å². The molecule has 1 aromatic heterocycles. The van der Waals surface area contributed by atoms with Crippen LogP contribution >= 0.6 is 0 Å². The van der Waals surface area contributed by atoms with E-state index >= 15 is 0 Å². The van der Waals surface area contributed by atoms with Gasteiger partial charge in [0.1, 0.15) is 0 Å². The minimum Gasteiger partial charge on any atom is -0.388 e. The van der Waals surface area contributed by atoms with Crippen LogP contribution in [-0.2, 0) is 0 Å². The van der Waals surface area contributed by atoms with Crippen molar-refractivity contribution in [2.75, 3.05) is 6.54 Å². The summed E-state index contributed by atoms with van der Waals surface area (Å²) in [5, 5.41) is 16.0. The second-order valence-electron chi connectivity index (χ2n) is 5.86. The van der Waals surface area contributed by atoms with Crippen LogP contribution in [0.5, 0.6) is 0 Å². The molecule has 5 nitrogen and oxygen atoms in total. The number of aromatic nitrogens is 1. The summed E-state index contributed by atoms with van der Waals surface area (Å²) in [4.78, 5) is 16.7. The lowest BCUT2D eigenvalue weighted by Gasteiger charge is -2.26. The second kappa shape index (κ2) is 8.45. The molecule has 0 bridgehead atoms. The van der Waals surface area contributed by atoms with Gasteiger partial charge in [-0.2, -0.15) is 0 Å². The number of amides is 2. The third-order valence-electron chi connectivity index (χ3n) is 4.29. The Kier molecular flexibility index (Phi) is 6.32. The monoisotopic (exact) mass is 327 g/mol. The Morgan fingerprint density at radius 1 is 1.12 bits per heavy atom. The number of rotatable bonds is 7. The van der Waals surface area contributed by atoms with E-state index < -0.39 is 5.60 Å². The van der Waals surface area contributed by atoms with Gasteiger partial charge in [-0.25, -0.2) is 4.79 Å².